The Kier molecular flexibility index (Phi) is 6.03. The summed E-state index contributed by atoms with van der Waals surface area (Å²) >= 11 is 0. The molecule has 1 atom stereocenters. The highest BCUT2D eigenvalue weighted by molar-refractivity contribution is 6.04. The molecule has 5 rings (SSSR count). The van der Waals surface area contributed by atoms with Crippen LogP contribution in [0, 0.1) is 5.82 Å². The molecule has 1 fully saturated rings. The zero-order valence-electron chi connectivity index (χ0n) is 19.2. The second-order valence-corrected chi connectivity index (χ2v) is 8.64. The van der Waals surface area contributed by atoms with Crippen LogP contribution < -0.4 is 10.1 Å². The summed E-state index contributed by atoms with van der Waals surface area (Å²) < 4.78 is 59.2. The van der Waals surface area contributed by atoms with E-state index in [0.717, 1.165) is 12.1 Å². The number of hydrogen-bond donors (Lipinski definition) is 1. The van der Waals surface area contributed by atoms with Gasteiger partial charge in [-0.3, -0.25) is 0 Å². The number of nitrogens with one attached hydrogen (secondary N) is 1. The van der Waals surface area contributed by atoms with Crippen molar-refractivity contribution < 1.29 is 27.1 Å². The Labute approximate surface area is 204 Å². The maximum Gasteiger partial charge on any atom is 0.416 e. The largest absolute Gasteiger partial charge is 0.454 e. The number of urea groups is 1. The summed E-state index contributed by atoms with van der Waals surface area (Å²) in [4.78, 5) is 21.2. The average molecular weight is 498 g/mol. The van der Waals surface area contributed by atoms with Gasteiger partial charge in [-0.25, -0.2) is 14.2 Å². The standard InChI is InChI=1S/C26H22F4N4O2/c1-16-15-33(11-12-34(16)25(35)31-19-6-4-5-18(27)14-19)24-20-7-2-3-8-22(20)36-23-13-17(26(28,29)30)9-10-21(23)32-24/h2-10,13-14,16H,11-12,15H2,1H3,(H,31,35)/t16-/m1/s1. The summed E-state index contributed by atoms with van der Waals surface area (Å²) in [6.07, 6.45) is -4.51. The Morgan fingerprint density at radius 1 is 1.03 bits per heavy atom. The van der Waals surface area contributed by atoms with Crippen molar-refractivity contribution in [2.75, 3.05) is 25.0 Å². The maximum atomic E-state index is 13.5. The van der Waals surface area contributed by atoms with E-state index in [2.05, 4.69) is 5.32 Å². The fourth-order valence-electron chi connectivity index (χ4n) is 4.35. The van der Waals surface area contributed by atoms with Gasteiger partial charge in [-0.15, -0.1) is 0 Å². The van der Waals surface area contributed by atoms with Crippen LogP contribution in [0.3, 0.4) is 0 Å². The number of anilines is 1. The van der Waals surface area contributed by atoms with E-state index in [4.69, 9.17) is 9.73 Å². The van der Waals surface area contributed by atoms with Gasteiger partial charge in [0, 0.05) is 31.4 Å². The van der Waals surface area contributed by atoms with Crippen LogP contribution in [0.5, 0.6) is 11.5 Å². The molecule has 0 unspecified atom stereocenters. The summed E-state index contributed by atoms with van der Waals surface area (Å²) in [5, 5.41) is 2.72. The molecule has 36 heavy (non-hydrogen) atoms. The molecule has 2 heterocycles. The third-order valence-electron chi connectivity index (χ3n) is 6.13. The molecule has 10 heteroatoms. The lowest BCUT2D eigenvalue weighted by Crippen LogP contribution is -2.56. The van der Waals surface area contributed by atoms with Crippen LogP contribution in [-0.2, 0) is 6.18 Å². The van der Waals surface area contributed by atoms with E-state index >= 15 is 0 Å². The average Bonchev–Trinajstić information content (AvgIpc) is 2.99. The molecule has 0 aromatic heterocycles. The Morgan fingerprint density at radius 2 is 1.83 bits per heavy atom. The number of ether oxygens (including phenoxy) is 1. The van der Waals surface area contributed by atoms with E-state index in [-0.39, 0.29) is 23.5 Å². The highest BCUT2D eigenvalue weighted by atomic mass is 19.4. The predicted octanol–water partition coefficient (Wildman–Crippen LogP) is 6.27. The third-order valence-corrected chi connectivity index (χ3v) is 6.13. The van der Waals surface area contributed by atoms with E-state index in [9.17, 15) is 22.4 Å². The van der Waals surface area contributed by atoms with Crippen molar-refractivity contribution >= 4 is 23.2 Å². The van der Waals surface area contributed by atoms with Gasteiger partial charge >= 0.3 is 12.2 Å². The molecule has 3 aromatic carbocycles. The number of halogens is 4. The second-order valence-electron chi connectivity index (χ2n) is 8.64. The molecule has 1 N–H and O–H groups in total. The maximum absolute atomic E-state index is 13.5. The second kappa shape index (κ2) is 9.18. The molecule has 0 aliphatic carbocycles. The van der Waals surface area contributed by atoms with Gasteiger partial charge < -0.3 is 19.9 Å². The van der Waals surface area contributed by atoms with Crippen LogP contribution in [0.4, 0.5) is 33.7 Å². The van der Waals surface area contributed by atoms with Crippen LogP contribution in [0.2, 0.25) is 0 Å². The minimum atomic E-state index is -4.51. The Bertz CT molecular complexity index is 1340. The lowest BCUT2D eigenvalue weighted by Gasteiger charge is -2.41. The molecule has 3 aromatic rings. The first kappa shape index (κ1) is 23.7. The predicted molar refractivity (Wildman–Crippen MR) is 127 cm³/mol. The van der Waals surface area contributed by atoms with Crippen LogP contribution in [0.25, 0.3) is 0 Å². The zero-order chi connectivity index (χ0) is 25.4. The quantitative estimate of drug-likeness (QED) is 0.403. The van der Waals surface area contributed by atoms with Gasteiger partial charge in [0.05, 0.1) is 11.1 Å². The van der Waals surface area contributed by atoms with E-state index in [1.54, 1.807) is 35.2 Å². The van der Waals surface area contributed by atoms with Crippen molar-refractivity contribution in [1.29, 1.82) is 0 Å². The van der Waals surface area contributed by atoms with E-state index in [1.165, 1.54) is 24.3 Å². The summed E-state index contributed by atoms with van der Waals surface area (Å²) in [7, 11) is 0. The van der Waals surface area contributed by atoms with E-state index in [0.29, 0.717) is 42.5 Å². The number of fused-ring (bicyclic) bond motifs is 2. The van der Waals surface area contributed by atoms with Crippen LogP contribution in [-0.4, -0.2) is 47.3 Å². The van der Waals surface area contributed by atoms with Gasteiger partial charge in [-0.2, -0.15) is 13.2 Å². The van der Waals surface area contributed by atoms with Gasteiger partial charge in [-0.05, 0) is 55.5 Å². The molecule has 2 amide bonds. The lowest BCUT2D eigenvalue weighted by atomic mass is 10.1. The molecule has 186 valence electrons. The van der Waals surface area contributed by atoms with Crippen LogP contribution in [0.15, 0.2) is 71.7 Å². The highest BCUT2D eigenvalue weighted by Gasteiger charge is 2.34. The number of amides is 2. The van der Waals surface area contributed by atoms with Crippen molar-refractivity contribution in [3.8, 4) is 11.5 Å². The van der Waals surface area contributed by atoms with Gasteiger partial charge in [0.25, 0.3) is 0 Å². The Morgan fingerprint density at radius 3 is 2.58 bits per heavy atom. The number of nitrogens with zero attached hydrogens (tertiary/aromatic N) is 3. The Hall–Kier alpha value is -4.08. The molecule has 2 aliphatic heterocycles. The summed E-state index contributed by atoms with van der Waals surface area (Å²) in [6.45, 7) is 3.12. The number of carbonyl (C=O) groups excluding carboxylic acids is 1. The fourth-order valence-corrected chi connectivity index (χ4v) is 4.35. The molecule has 1 saturated heterocycles. The Balaban J connectivity index is 1.41. The molecular weight excluding hydrogens is 476 g/mol. The number of carbonyl (C=O) groups is 1. The van der Waals surface area contributed by atoms with Gasteiger partial charge in [0.15, 0.2) is 5.75 Å². The first-order chi connectivity index (χ1) is 17.2. The number of piperazine rings is 1. The molecule has 0 spiro atoms. The van der Waals surface area contributed by atoms with Crippen molar-refractivity contribution in [1.82, 2.24) is 9.80 Å². The first-order valence-corrected chi connectivity index (χ1v) is 11.3. The number of para-hydroxylation sites is 1. The number of amidine groups is 1. The lowest BCUT2D eigenvalue weighted by molar-refractivity contribution is -0.137. The topological polar surface area (TPSA) is 57.2 Å². The SMILES string of the molecule is C[C@@H]1CN(C2=Nc3ccc(C(F)(F)F)cc3Oc3ccccc32)CCN1C(=O)Nc1cccc(F)c1. The number of alkyl halides is 3. The molecule has 0 bridgehead atoms. The van der Waals surface area contributed by atoms with Gasteiger partial charge in [0.1, 0.15) is 23.1 Å². The fraction of sp³-hybridized carbons (Fsp3) is 0.231. The van der Waals surface area contributed by atoms with E-state index < -0.39 is 17.6 Å². The molecule has 6 nitrogen and oxygen atoms in total. The third kappa shape index (κ3) is 4.71. The number of hydrogen-bond acceptors (Lipinski definition) is 4. The number of aliphatic imine (C=N–C) groups is 1. The highest BCUT2D eigenvalue weighted by Crippen LogP contribution is 2.42. The first-order valence-electron chi connectivity index (χ1n) is 11.3. The minimum absolute atomic E-state index is 0.0217. The van der Waals surface area contributed by atoms with Crippen molar-refractivity contribution in [2.24, 2.45) is 4.99 Å². The molecule has 2 aliphatic rings. The summed E-state index contributed by atoms with van der Waals surface area (Å²) in [6, 6.07) is 15.4. The summed E-state index contributed by atoms with van der Waals surface area (Å²) in [5.74, 6) is 0.531. The van der Waals surface area contributed by atoms with Crippen molar-refractivity contribution in [3.63, 3.8) is 0 Å². The van der Waals surface area contributed by atoms with Crippen molar-refractivity contribution in [3.05, 3.63) is 83.7 Å². The zero-order valence-corrected chi connectivity index (χ0v) is 19.2. The normalized spacial score (nSPS) is 17.4. The molecule has 0 saturated carbocycles. The molecular formula is C26H22F4N4O2. The van der Waals surface area contributed by atoms with Gasteiger partial charge in [0.2, 0.25) is 0 Å². The van der Waals surface area contributed by atoms with E-state index in [1.807, 2.05) is 11.8 Å². The smallest absolute Gasteiger partial charge is 0.416 e. The number of benzene rings is 3. The minimum Gasteiger partial charge on any atom is -0.454 e. The van der Waals surface area contributed by atoms with Crippen molar-refractivity contribution in [2.45, 2.75) is 19.1 Å². The monoisotopic (exact) mass is 498 g/mol. The molecule has 0 radical (unpaired) electrons. The van der Waals surface area contributed by atoms with Crippen LogP contribution >= 0.6 is 0 Å². The number of rotatable bonds is 1. The van der Waals surface area contributed by atoms with Crippen LogP contribution in [0.1, 0.15) is 18.1 Å². The summed E-state index contributed by atoms with van der Waals surface area (Å²) in [5.41, 5.74) is 0.480. The van der Waals surface area contributed by atoms with Gasteiger partial charge in [-0.1, -0.05) is 18.2 Å².